The number of ether oxygens (including phenoxy) is 3. The zero-order valence-corrected chi connectivity index (χ0v) is 12.7. The first-order valence-corrected chi connectivity index (χ1v) is 6.68. The van der Waals surface area contributed by atoms with Gasteiger partial charge in [-0.3, -0.25) is 4.79 Å². The largest absolute Gasteiger partial charge is 0.490 e. The van der Waals surface area contributed by atoms with Gasteiger partial charge >= 0.3 is 11.9 Å². The molecule has 0 spiro atoms. The van der Waals surface area contributed by atoms with Crippen LogP contribution in [0, 0.1) is 0 Å². The smallest absolute Gasteiger partial charge is 0.335 e. The van der Waals surface area contributed by atoms with Crippen molar-refractivity contribution in [3.63, 3.8) is 0 Å². The van der Waals surface area contributed by atoms with Crippen LogP contribution in [0.5, 0.6) is 11.5 Å². The molecule has 0 aliphatic carbocycles. The molecule has 0 unspecified atom stereocenters. The molecule has 6 nitrogen and oxygen atoms in total. The zero-order chi connectivity index (χ0) is 15.1. The Morgan fingerprint density at radius 3 is 2.55 bits per heavy atom. The topological polar surface area (TPSA) is 82.1 Å². The molecule has 0 aromatic heterocycles. The first-order valence-electron chi connectivity index (χ1n) is 5.88. The van der Waals surface area contributed by atoms with Gasteiger partial charge in [-0.2, -0.15) is 0 Å². The number of carboxylic acid groups (broad SMARTS) is 1. The zero-order valence-electron chi connectivity index (χ0n) is 11.1. The first kappa shape index (κ1) is 16.3. The number of aromatic carboxylic acids is 1. The minimum atomic E-state index is -1.06. The van der Waals surface area contributed by atoms with Crippen LogP contribution in [0.4, 0.5) is 0 Å². The summed E-state index contributed by atoms with van der Waals surface area (Å²) < 4.78 is 15.8. The molecular formula is C13H15BrO6. The van der Waals surface area contributed by atoms with E-state index in [1.807, 2.05) is 0 Å². The number of carboxylic acids is 1. The molecule has 1 N–H and O–H groups in total. The van der Waals surface area contributed by atoms with E-state index >= 15 is 0 Å². The van der Waals surface area contributed by atoms with Crippen LogP contribution in [-0.2, 0) is 9.53 Å². The van der Waals surface area contributed by atoms with Gasteiger partial charge in [0.05, 0.1) is 36.8 Å². The molecule has 0 aliphatic rings. The molecule has 0 fully saturated rings. The maximum atomic E-state index is 11.0. The number of halogens is 1. The minimum Gasteiger partial charge on any atom is -0.490 e. The first-order chi connectivity index (χ1) is 9.49. The van der Waals surface area contributed by atoms with Crippen LogP contribution in [0.1, 0.15) is 23.7 Å². The van der Waals surface area contributed by atoms with E-state index in [2.05, 4.69) is 20.7 Å². The lowest BCUT2D eigenvalue weighted by Crippen LogP contribution is -2.09. The van der Waals surface area contributed by atoms with Crippen molar-refractivity contribution in [2.24, 2.45) is 0 Å². The number of esters is 1. The second-order valence-corrected chi connectivity index (χ2v) is 4.55. The van der Waals surface area contributed by atoms with Gasteiger partial charge in [0.15, 0.2) is 11.5 Å². The van der Waals surface area contributed by atoms with Crippen molar-refractivity contribution in [2.75, 3.05) is 20.3 Å². The molecule has 0 saturated heterocycles. The van der Waals surface area contributed by atoms with Crippen LogP contribution in [0.3, 0.4) is 0 Å². The minimum absolute atomic E-state index is 0.0839. The van der Waals surface area contributed by atoms with Crippen molar-refractivity contribution < 1.29 is 28.9 Å². The monoisotopic (exact) mass is 346 g/mol. The van der Waals surface area contributed by atoms with Gasteiger partial charge in [-0.1, -0.05) is 0 Å². The van der Waals surface area contributed by atoms with Gasteiger partial charge < -0.3 is 19.3 Å². The van der Waals surface area contributed by atoms with Crippen molar-refractivity contribution in [1.29, 1.82) is 0 Å². The summed E-state index contributed by atoms with van der Waals surface area (Å²) in [7, 11) is 1.30. The lowest BCUT2D eigenvalue weighted by molar-refractivity contribution is -0.141. The Bertz CT molecular complexity index is 500. The van der Waals surface area contributed by atoms with Crippen molar-refractivity contribution in [3.8, 4) is 11.5 Å². The van der Waals surface area contributed by atoms with Crippen molar-refractivity contribution >= 4 is 27.9 Å². The fraction of sp³-hybridized carbons (Fsp3) is 0.385. The van der Waals surface area contributed by atoms with Gasteiger partial charge in [0.2, 0.25) is 0 Å². The number of benzene rings is 1. The number of carbonyl (C=O) groups excluding carboxylic acids is 1. The summed E-state index contributed by atoms with van der Waals surface area (Å²) in [6, 6.07) is 2.79. The lowest BCUT2D eigenvalue weighted by Gasteiger charge is -2.14. The molecule has 1 rings (SSSR count). The number of rotatable bonds is 7. The molecule has 0 amide bonds. The summed E-state index contributed by atoms with van der Waals surface area (Å²) in [6.45, 7) is 2.25. The van der Waals surface area contributed by atoms with Crippen LogP contribution >= 0.6 is 15.9 Å². The number of hydrogen-bond donors (Lipinski definition) is 1. The predicted molar refractivity (Wildman–Crippen MR) is 74.4 cm³/mol. The number of hydrogen-bond acceptors (Lipinski definition) is 5. The molecule has 0 bridgehead atoms. The van der Waals surface area contributed by atoms with Crippen molar-refractivity contribution in [3.05, 3.63) is 22.2 Å². The Labute approximate surface area is 124 Å². The van der Waals surface area contributed by atoms with Gasteiger partial charge in [-0.25, -0.2) is 4.79 Å². The third kappa shape index (κ3) is 4.41. The van der Waals surface area contributed by atoms with Crippen molar-refractivity contribution in [2.45, 2.75) is 13.3 Å². The highest BCUT2D eigenvalue weighted by molar-refractivity contribution is 9.10. The molecule has 7 heteroatoms. The van der Waals surface area contributed by atoms with E-state index in [4.69, 9.17) is 14.6 Å². The summed E-state index contributed by atoms with van der Waals surface area (Å²) in [5, 5.41) is 9.00. The highest BCUT2D eigenvalue weighted by atomic mass is 79.9. The number of methoxy groups -OCH3 is 1. The molecule has 0 aliphatic heterocycles. The Balaban J connectivity index is 2.92. The summed E-state index contributed by atoms with van der Waals surface area (Å²) in [5.74, 6) is -0.779. The molecule has 20 heavy (non-hydrogen) atoms. The average Bonchev–Trinajstić information content (AvgIpc) is 2.41. The Hall–Kier alpha value is -1.76. The number of carbonyl (C=O) groups is 2. The maximum absolute atomic E-state index is 11.0. The molecule has 110 valence electrons. The van der Waals surface area contributed by atoms with Gasteiger partial charge in [0.1, 0.15) is 0 Å². The van der Waals surface area contributed by atoms with E-state index in [-0.39, 0.29) is 24.6 Å². The second-order valence-electron chi connectivity index (χ2n) is 3.70. The van der Waals surface area contributed by atoms with Gasteiger partial charge in [-0.05, 0) is 35.0 Å². The summed E-state index contributed by atoms with van der Waals surface area (Å²) in [5.41, 5.74) is 0.0839. The molecule has 0 saturated carbocycles. The molecule has 1 aromatic carbocycles. The van der Waals surface area contributed by atoms with E-state index < -0.39 is 5.97 Å². The van der Waals surface area contributed by atoms with E-state index in [0.717, 1.165) is 0 Å². The van der Waals surface area contributed by atoms with Crippen LogP contribution in [0.15, 0.2) is 16.6 Å². The van der Waals surface area contributed by atoms with E-state index in [1.54, 1.807) is 6.92 Å². The maximum Gasteiger partial charge on any atom is 0.335 e. The summed E-state index contributed by atoms with van der Waals surface area (Å²) in [4.78, 5) is 22.0. The normalized spacial score (nSPS) is 9.95. The quantitative estimate of drug-likeness (QED) is 0.763. The molecule has 0 radical (unpaired) electrons. The second kappa shape index (κ2) is 7.74. The Kier molecular flexibility index (Phi) is 6.30. The highest BCUT2D eigenvalue weighted by Crippen LogP contribution is 2.37. The average molecular weight is 347 g/mol. The SMILES string of the molecule is CCOc1cc(C(=O)O)cc(Br)c1OCCC(=O)OC. The van der Waals surface area contributed by atoms with Gasteiger partial charge in [0.25, 0.3) is 0 Å². The van der Waals surface area contributed by atoms with Gasteiger partial charge in [0, 0.05) is 0 Å². The van der Waals surface area contributed by atoms with Crippen LogP contribution < -0.4 is 9.47 Å². The molecular weight excluding hydrogens is 332 g/mol. The van der Waals surface area contributed by atoms with Gasteiger partial charge in [-0.15, -0.1) is 0 Å². The fourth-order valence-corrected chi connectivity index (χ4v) is 1.99. The molecule has 0 heterocycles. The van der Waals surface area contributed by atoms with Crippen molar-refractivity contribution in [1.82, 2.24) is 0 Å². The Morgan fingerprint density at radius 2 is 2.00 bits per heavy atom. The summed E-state index contributed by atoms with van der Waals surface area (Å²) in [6.07, 6.45) is 0.0924. The van der Waals surface area contributed by atoms with Crippen LogP contribution in [0.25, 0.3) is 0 Å². The van der Waals surface area contributed by atoms with Crippen LogP contribution in [-0.4, -0.2) is 37.4 Å². The predicted octanol–water partition coefficient (Wildman–Crippen LogP) is 2.49. The lowest BCUT2D eigenvalue weighted by atomic mass is 10.2. The van der Waals surface area contributed by atoms with Crippen LogP contribution in [0.2, 0.25) is 0 Å². The summed E-state index contributed by atoms with van der Waals surface area (Å²) >= 11 is 3.24. The van der Waals surface area contributed by atoms with E-state index in [9.17, 15) is 9.59 Å². The highest BCUT2D eigenvalue weighted by Gasteiger charge is 2.16. The third-order valence-electron chi connectivity index (χ3n) is 2.34. The van der Waals surface area contributed by atoms with E-state index in [0.29, 0.717) is 22.6 Å². The standard InChI is InChI=1S/C13H15BrO6/c1-3-19-10-7-8(13(16)17)6-9(14)12(10)20-5-4-11(15)18-2/h6-7H,3-5H2,1-2H3,(H,16,17). The Morgan fingerprint density at radius 1 is 1.30 bits per heavy atom. The third-order valence-corrected chi connectivity index (χ3v) is 2.93. The molecule has 1 aromatic rings. The fourth-order valence-electron chi connectivity index (χ4n) is 1.43. The van der Waals surface area contributed by atoms with E-state index in [1.165, 1.54) is 19.2 Å². The molecule has 0 atom stereocenters.